The molecule has 8 nitrogen and oxygen atoms in total. The predicted molar refractivity (Wildman–Crippen MR) is 160 cm³/mol. The summed E-state index contributed by atoms with van der Waals surface area (Å²) in [7, 11) is 0. The van der Waals surface area contributed by atoms with Gasteiger partial charge in [-0.15, -0.1) is 0 Å². The van der Waals surface area contributed by atoms with Gasteiger partial charge >= 0.3 is 5.63 Å². The number of anilines is 1. The van der Waals surface area contributed by atoms with E-state index in [0.717, 1.165) is 74.8 Å². The van der Waals surface area contributed by atoms with E-state index in [1.165, 1.54) is 11.6 Å². The molecule has 0 radical (unpaired) electrons. The van der Waals surface area contributed by atoms with Gasteiger partial charge in [-0.1, -0.05) is 36.4 Å². The van der Waals surface area contributed by atoms with E-state index in [9.17, 15) is 9.59 Å². The molecule has 1 saturated heterocycles. The van der Waals surface area contributed by atoms with Gasteiger partial charge in [-0.3, -0.25) is 9.69 Å². The van der Waals surface area contributed by atoms with Gasteiger partial charge in [0.1, 0.15) is 17.2 Å². The zero-order valence-corrected chi connectivity index (χ0v) is 23.2. The fourth-order valence-corrected chi connectivity index (χ4v) is 5.38. The third-order valence-corrected chi connectivity index (χ3v) is 7.85. The number of carbonyl (C=O) groups excluding carboxylic acids is 1. The summed E-state index contributed by atoms with van der Waals surface area (Å²) < 4.78 is 11.6. The first kappa shape index (κ1) is 27.2. The molecule has 2 aromatic heterocycles. The summed E-state index contributed by atoms with van der Waals surface area (Å²) in [5.41, 5.74) is 3.12. The molecule has 2 fully saturated rings. The summed E-state index contributed by atoms with van der Waals surface area (Å²) >= 11 is 0. The Hall–Kier alpha value is -4.01. The number of hydrogen-bond donors (Lipinski definition) is 2. The molecule has 0 unspecified atom stereocenters. The summed E-state index contributed by atoms with van der Waals surface area (Å²) in [6.45, 7) is 4.60. The topological polar surface area (TPSA) is 96.7 Å². The highest BCUT2D eigenvalue weighted by Gasteiger charge is 2.29. The molecular formula is C33H36N4O4. The lowest BCUT2D eigenvalue weighted by atomic mass is 10.0. The van der Waals surface area contributed by atoms with E-state index in [1.54, 1.807) is 6.20 Å². The number of amides is 1. The highest BCUT2D eigenvalue weighted by molar-refractivity contribution is 5.94. The van der Waals surface area contributed by atoms with Crippen LogP contribution in [0.3, 0.4) is 0 Å². The molecule has 1 aliphatic heterocycles. The number of nitrogens with one attached hydrogen (secondary N) is 2. The van der Waals surface area contributed by atoms with Crippen molar-refractivity contribution in [1.82, 2.24) is 15.2 Å². The number of likely N-dealkylation sites (tertiary alicyclic amines) is 1. The minimum atomic E-state index is -0.447. The molecule has 8 heteroatoms. The average Bonchev–Trinajstić information content (AvgIpc) is 3.84. The van der Waals surface area contributed by atoms with Gasteiger partial charge in [-0.2, -0.15) is 0 Å². The summed E-state index contributed by atoms with van der Waals surface area (Å²) in [5.74, 6) is 1.17. The van der Waals surface area contributed by atoms with Crippen molar-refractivity contribution in [2.45, 2.75) is 44.7 Å². The fourth-order valence-electron chi connectivity index (χ4n) is 5.38. The number of fused-ring (bicyclic) bond motifs is 1. The lowest BCUT2D eigenvalue weighted by Crippen LogP contribution is -2.42. The molecule has 1 aliphatic carbocycles. The van der Waals surface area contributed by atoms with Crippen LogP contribution >= 0.6 is 0 Å². The average molecular weight is 553 g/mol. The van der Waals surface area contributed by atoms with Gasteiger partial charge in [0, 0.05) is 24.7 Å². The summed E-state index contributed by atoms with van der Waals surface area (Å²) in [5, 5.41) is 7.31. The molecular weight excluding hydrogens is 516 g/mol. The third kappa shape index (κ3) is 7.20. The number of carbonyl (C=O) groups is 1. The lowest BCUT2D eigenvalue weighted by Gasteiger charge is -2.32. The van der Waals surface area contributed by atoms with Gasteiger partial charge in [-0.25, -0.2) is 9.78 Å². The van der Waals surface area contributed by atoms with Crippen molar-refractivity contribution < 1.29 is 13.9 Å². The molecule has 0 bridgehead atoms. The Morgan fingerprint density at radius 1 is 0.976 bits per heavy atom. The van der Waals surface area contributed by atoms with Gasteiger partial charge in [-0.05, 0) is 92.7 Å². The van der Waals surface area contributed by atoms with E-state index < -0.39 is 5.63 Å². The highest BCUT2D eigenvalue weighted by atomic mass is 16.5. The monoisotopic (exact) mass is 552 g/mol. The van der Waals surface area contributed by atoms with Gasteiger partial charge in [0.25, 0.3) is 0 Å². The van der Waals surface area contributed by atoms with Crippen LogP contribution < -0.4 is 21.0 Å². The van der Waals surface area contributed by atoms with Crippen molar-refractivity contribution in [1.29, 1.82) is 0 Å². The van der Waals surface area contributed by atoms with E-state index in [0.29, 0.717) is 29.8 Å². The molecule has 1 amide bonds. The molecule has 41 heavy (non-hydrogen) atoms. The molecule has 2 aliphatic rings. The third-order valence-electron chi connectivity index (χ3n) is 7.85. The Kier molecular flexibility index (Phi) is 8.39. The van der Waals surface area contributed by atoms with Gasteiger partial charge in [0.15, 0.2) is 0 Å². The molecule has 1 saturated carbocycles. The van der Waals surface area contributed by atoms with Crippen LogP contribution in [0.15, 0.2) is 82.1 Å². The van der Waals surface area contributed by atoms with Gasteiger partial charge in [0.2, 0.25) is 5.91 Å². The molecule has 4 aromatic rings. The number of ether oxygens (including phenoxy) is 1. The Bertz CT molecular complexity index is 1540. The summed E-state index contributed by atoms with van der Waals surface area (Å²) in [6.07, 6.45) is 6.67. The molecule has 2 aromatic carbocycles. The number of nitrogens with zero attached hydrogens (tertiary/aromatic N) is 2. The molecule has 3 heterocycles. The van der Waals surface area contributed by atoms with E-state index in [2.05, 4.69) is 50.8 Å². The molecule has 0 spiro atoms. The van der Waals surface area contributed by atoms with Crippen molar-refractivity contribution in [3.63, 3.8) is 0 Å². The largest absolute Gasteiger partial charge is 0.492 e. The maximum absolute atomic E-state index is 12.3. The summed E-state index contributed by atoms with van der Waals surface area (Å²) in [4.78, 5) is 31.2. The Labute approximate surface area is 239 Å². The first-order chi connectivity index (χ1) is 20.1. The Morgan fingerprint density at radius 2 is 1.78 bits per heavy atom. The van der Waals surface area contributed by atoms with Crippen LogP contribution in [0.1, 0.15) is 37.7 Å². The quantitative estimate of drug-likeness (QED) is 0.194. The second kappa shape index (κ2) is 12.7. The van der Waals surface area contributed by atoms with Crippen LogP contribution in [-0.2, 0) is 11.3 Å². The molecule has 0 atom stereocenters. The molecule has 6 rings (SSSR count). The van der Waals surface area contributed by atoms with E-state index in [4.69, 9.17) is 9.15 Å². The normalized spacial score (nSPS) is 16.1. The van der Waals surface area contributed by atoms with Gasteiger partial charge in [0.05, 0.1) is 18.1 Å². The minimum Gasteiger partial charge on any atom is -0.492 e. The van der Waals surface area contributed by atoms with Crippen LogP contribution in [0.25, 0.3) is 22.1 Å². The van der Waals surface area contributed by atoms with Crippen molar-refractivity contribution in [3.8, 4) is 16.9 Å². The van der Waals surface area contributed by atoms with Crippen molar-refractivity contribution >= 4 is 22.7 Å². The molecule has 212 valence electrons. The second-order valence-electron chi connectivity index (χ2n) is 11.0. The summed E-state index contributed by atoms with van der Waals surface area (Å²) in [6, 6.07) is 22.0. The van der Waals surface area contributed by atoms with Crippen LogP contribution in [-0.4, -0.2) is 48.1 Å². The number of rotatable bonds is 11. The number of hydrogen-bond acceptors (Lipinski definition) is 7. The number of benzene rings is 2. The van der Waals surface area contributed by atoms with Crippen molar-refractivity contribution in [2.75, 3.05) is 31.6 Å². The van der Waals surface area contributed by atoms with E-state index >= 15 is 0 Å². The number of aromatic nitrogens is 1. The lowest BCUT2D eigenvalue weighted by molar-refractivity contribution is -0.117. The van der Waals surface area contributed by atoms with Gasteiger partial charge < -0.3 is 19.8 Å². The fraction of sp³-hybridized carbons (Fsp3) is 0.364. The zero-order valence-electron chi connectivity index (χ0n) is 23.2. The van der Waals surface area contributed by atoms with Crippen LogP contribution in [0.4, 0.5) is 5.82 Å². The van der Waals surface area contributed by atoms with E-state index in [1.807, 2.05) is 30.3 Å². The van der Waals surface area contributed by atoms with E-state index in [-0.39, 0.29) is 11.8 Å². The number of piperidine rings is 1. The smallest absolute Gasteiger partial charge is 0.339 e. The second-order valence-corrected chi connectivity index (χ2v) is 11.0. The maximum Gasteiger partial charge on any atom is 0.339 e. The SMILES string of the molecule is O=C(Nc1cc(-c2ccc3c(OCCCNC4CCN(Cc5ccccc5)CC4)cc(=O)oc3c2)ccn1)C1CC1. The molecule has 2 N–H and O–H groups in total. The van der Waals surface area contributed by atoms with Crippen LogP contribution in [0, 0.1) is 5.92 Å². The number of pyridine rings is 1. The highest BCUT2D eigenvalue weighted by Crippen LogP contribution is 2.32. The van der Waals surface area contributed by atoms with Crippen molar-refractivity contribution in [2.24, 2.45) is 5.92 Å². The first-order valence-electron chi connectivity index (χ1n) is 14.6. The predicted octanol–water partition coefficient (Wildman–Crippen LogP) is 5.23. The Morgan fingerprint density at radius 3 is 2.59 bits per heavy atom. The standard InChI is InChI=1S/C33H36N4O4/c38-32-21-29(40-18-4-14-34-27-12-16-37(17-13-27)22-23-5-2-1-3-6-23)28-10-9-25(19-30(28)41-32)26-11-15-35-31(20-26)36-33(39)24-7-8-24/h1-3,5-6,9-11,15,19-21,24,27,34H,4,7-8,12-14,16-18,22H2,(H,35,36,39). The minimum absolute atomic E-state index is 0.0142. The van der Waals surface area contributed by atoms with Crippen LogP contribution in [0.2, 0.25) is 0 Å². The maximum atomic E-state index is 12.3. The first-order valence-corrected chi connectivity index (χ1v) is 14.6. The Balaban J connectivity index is 1.000. The van der Waals surface area contributed by atoms with Crippen molar-refractivity contribution in [3.05, 3.63) is 88.9 Å². The van der Waals surface area contributed by atoms with Crippen LogP contribution in [0.5, 0.6) is 5.75 Å². The zero-order chi connectivity index (χ0) is 28.0.